The fourth-order valence-corrected chi connectivity index (χ4v) is 4.49. The molecule has 120 valence electrons. The number of amides is 1. The van der Waals surface area contributed by atoms with Gasteiger partial charge in [-0.25, -0.2) is 0 Å². The lowest BCUT2D eigenvalue weighted by atomic mass is 9.94. The number of piperazine rings is 1. The number of nitrogens with one attached hydrogen (secondary N) is 1. The highest BCUT2D eigenvalue weighted by Crippen LogP contribution is 2.62. The zero-order valence-electron chi connectivity index (χ0n) is 13.3. The van der Waals surface area contributed by atoms with Gasteiger partial charge in [-0.1, -0.05) is 24.3 Å². The van der Waals surface area contributed by atoms with E-state index in [1.807, 2.05) is 0 Å². The molecule has 1 saturated carbocycles. The first-order valence-electron chi connectivity index (χ1n) is 8.26. The first kappa shape index (κ1) is 15.8. The molecule has 1 saturated heterocycles. The molecular formula is C18H25ClN2O. The monoisotopic (exact) mass is 320 g/mol. The predicted octanol–water partition coefficient (Wildman–Crippen LogP) is 2.52. The molecule has 2 fully saturated rings. The smallest absolute Gasteiger partial charge is 0.226 e. The summed E-state index contributed by atoms with van der Waals surface area (Å²) in [5, 5.41) is 3.46. The third kappa shape index (κ3) is 2.17. The molecule has 2 aliphatic carbocycles. The maximum absolute atomic E-state index is 13.0. The number of hydrogen-bond donors (Lipinski definition) is 1. The van der Waals surface area contributed by atoms with Crippen LogP contribution >= 0.6 is 12.4 Å². The molecule has 3 nitrogen and oxygen atoms in total. The highest BCUT2D eigenvalue weighted by Gasteiger charge is 2.62. The van der Waals surface area contributed by atoms with E-state index in [1.54, 1.807) is 0 Å². The van der Waals surface area contributed by atoms with Crippen molar-refractivity contribution >= 4 is 18.3 Å². The molecule has 1 aromatic rings. The van der Waals surface area contributed by atoms with Crippen LogP contribution in [-0.4, -0.2) is 36.0 Å². The Balaban J connectivity index is 0.00000144. The van der Waals surface area contributed by atoms with Crippen molar-refractivity contribution in [3.8, 4) is 0 Å². The maximum Gasteiger partial charge on any atom is 0.226 e. The van der Waals surface area contributed by atoms with Crippen molar-refractivity contribution < 1.29 is 4.79 Å². The van der Waals surface area contributed by atoms with Crippen LogP contribution in [0.1, 0.15) is 37.8 Å². The third-order valence-electron chi connectivity index (χ3n) is 6.08. The molecule has 0 aromatic heterocycles. The van der Waals surface area contributed by atoms with Gasteiger partial charge in [-0.15, -0.1) is 12.4 Å². The van der Waals surface area contributed by atoms with E-state index in [0.717, 1.165) is 25.9 Å². The van der Waals surface area contributed by atoms with Gasteiger partial charge in [-0.05, 0) is 44.2 Å². The number of hydrogen-bond acceptors (Lipinski definition) is 2. The van der Waals surface area contributed by atoms with Crippen molar-refractivity contribution in [2.24, 2.45) is 5.92 Å². The van der Waals surface area contributed by atoms with Gasteiger partial charge in [0.2, 0.25) is 5.91 Å². The number of fused-ring (bicyclic) bond motifs is 2. The molecule has 1 aromatic carbocycles. The quantitative estimate of drug-likeness (QED) is 0.862. The maximum atomic E-state index is 13.0. The summed E-state index contributed by atoms with van der Waals surface area (Å²) in [5.74, 6) is 0.626. The average Bonchev–Trinajstić information content (AvgIpc) is 3.11. The van der Waals surface area contributed by atoms with Crippen molar-refractivity contribution in [2.45, 2.75) is 50.6 Å². The number of halogens is 1. The highest BCUT2D eigenvalue weighted by molar-refractivity contribution is 5.86. The van der Waals surface area contributed by atoms with Gasteiger partial charge in [0.15, 0.2) is 0 Å². The van der Waals surface area contributed by atoms with Crippen LogP contribution in [0.5, 0.6) is 0 Å². The van der Waals surface area contributed by atoms with Gasteiger partial charge < -0.3 is 10.2 Å². The van der Waals surface area contributed by atoms with Crippen LogP contribution in [0.3, 0.4) is 0 Å². The second-order valence-electron chi connectivity index (χ2n) is 7.09. The molecular weight excluding hydrogens is 296 g/mol. The minimum absolute atomic E-state index is 0. The number of carbonyl (C=O) groups excluding carboxylic acids is 1. The van der Waals surface area contributed by atoms with Gasteiger partial charge >= 0.3 is 0 Å². The SMILES string of the molecule is CC1NCCN(C(=O)C2CC23CCc2ccccc23)C1C.Cl. The normalized spacial score (nSPS) is 35.9. The number of nitrogens with zero attached hydrogens (tertiary/aromatic N) is 1. The molecule has 4 atom stereocenters. The second kappa shape index (κ2) is 5.54. The second-order valence-corrected chi connectivity index (χ2v) is 7.09. The molecule has 3 aliphatic rings. The van der Waals surface area contributed by atoms with Crippen LogP contribution in [0.15, 0.2) is 24.3 Å². The van der Waals surface area contributed by atoms with E-state index in [0.29, 0.717) is 18.0 Å². The third-order valence-corrected chi connectivity index (χ3v) is 6.08. The Bertz CT molecular complexity index is 590. The van der Waals surface area contributed by atoms with Gasteiger partial charge in [0.05, 0.1) is 0 Å². The lowest BCUT2D eigenvalue weighted by molar-refractivity contribution is -0.136. The van der Waals surface area contributed by atoms with Crippen molar-refractivity contribution in [2.75, 3.05) is 13.1 Å². The van der Waals surface area contributed by atoms with E-state index in [9.17, 15) is 4.79 Å². The largest absolute Gasteiger partial charge is 0.337 e. The molecule has 1 heterocycles. The summed E-state index contributed by atoms with van der Waals surface area (Å²) >= 11 is 0. The zero-order valence-corrected chi connectivity index (χ0v) is 14.2. The Hall–Kier alpha value is -1.06. The highest BCUT2D eigenvalue weighted by atomic mass is 35.5. The van der Waals surface area contributed by atoms with Gasteiger partial charge in [0.25, 0.3) is 0 Å². The average molecular weight is 321 g/mol. The Morgan fingerprint density at radius 2 is 2.09 bits per heavy atom. The summed E-state index contributed by atoms with van der Waals surface area (Å²) in [5.41, 5.74) is 3.11. The van der Waals surface area contributed by atoms with Crippen LogP contribution in [0.4, 0.5) is 0 Å². The number of carbonyl (C=O) groups is 1. The molecule has 4 heteroatoms. The van der Waals surface area contributed by atoms with Crippen molar-refractivity contribution in [1.82, 2.24) is 10.2 Å². The number of aryl methyl sites for hydroxylation is 1. The van der Waals surface area contributed by atoms with E-state index in [4.69, 9.17) is 0 Å². The van der Waals surface area contributed by atoms with Crippen LogP contribution in [0, 0.1) is 5.92 Å². The fraction of sp³-hybridized carbons (Fsp3) is 0.611. The lowest BCUT2D eigenvalue weighted by Crippen LogP contribution is -2.57. The molecule has 0 radical (unpaired) electrons. The van der Waals surface area contributed by atoms with E-state index < -0.39 is 0 Å². The molecule has 1 amide bonds. The topological polar surface area (TPSA) is 32.3 Å². The minimum atomic E-state index is 0. The van der Waals surface area contributed by atoms with Crippen LogP contribution in [0.25, 0.3) is 0 Å². The molecule has 0 bridgehead atoms. The van der Waals surface area contributed by atoms with E-state index in [2.05, 4.69) is 48.3 Å². The molecule has 4 rings (SSSR count). The zero-order chi connectivity index (χ0) is 14.6. The summed E-state index contributed by atoms with van der Waals surface area (Å²) in [6, 6.07) is 9.44. The summed E-state index contributed by atoms with van der Waals surface area (Å²) < 4.78 is 0. The van der Waals surface area contributed by atoms with Gasteiger partial charge in [0.1, 0.15) is 0 Å². The fourth-order valence-electron chi connectivity index (χ4n) is 4.49. The number of rotatable bonds is 1. The Labute approximate surface area is 138 Å². The lowest BCUT2D eigenvalue weighted by Gasteiger charge is -2.39. The van der Waals surface area contributed by atoms with E-state index in [1.165, 1.54) is 17.5 Å². The van der Waals surface area contributed by atoms with Gasteiger partial charge in [-0.2, -0.15) is 0 Å². The van der Waals surface area contributed by atoms with Crippen molar-refractivity contribution in [3.05, 3.63) is 35.4 Å². The minimum Gasteiger partial charge on any atom is -0.337 e. The molecule has 1 N–H and O–H groups in total. The first-order chi connectivity index (χ1) is 10.1. The summed E-state index contributed by atoms with van der Waals surface area (Å²) in [7, 11) is 0. The molecule has 22 heavy (non-hydrogen) atoms. The molecule has 4 unspecified atom stereocenters. The summed E-state index contributed by atoms with van der Waals surface area (Å²) in [6.45, 7) is 6.14. The van der Waals surface area contributed by atoms with Gasteiger partial charge in [0, 0.05) is 36.5 Å². The summed E-state index contributed by atoms with van der Waals surface area (Å²) in [6.07, 6.45) is 3.38. The van der Waals surface area contributed by atoms with Crippen molar-refractivity contribution in [3.63, 3.8) is 0 Å². The van der Waals surface area contributed by atoms with Crippen LogP contribution < -0.4 is 5.32 Å². The van der Waals surface area contributed by atoms with Crippen LogP contribution in [0.2, 0.25) is 0 Å². The first-order valence-corrected chi connectivity index (χ1v) is 8.26. The standard InChI is InChI=1S/C18H24N2O.ClH/c1-12-13(2)20(10-9-19-12)17(21)16-11-18(16)8-7-14-5-3-4-6-15(14)18;/h3-6,12-13,16,19H,7-11H2,1-2H3;1H. The van der Waals surface area contributed by atoms with Gasteiger partial charge in [-0.3, -0.25) is 4.79 Å². The Morgan fingerprint density at radius 3 is 2.91 bits per heavy atom. The number of benzene rings is 1. The van der Waals surface area contributed by atoms with Crippen LogP contribution in [-0.2, 0) is 16.6 Å². The van der Waals surface area contributed by atoms with E-state index in [-0.39, 0.29) is 23.7 Å². The summed E-state index contributed by atoms with van der Waals surface area (Å²) in [4.78, 5) is 15.1. The Morgan fingerprint density at radius 1 is 1.32 bits per heavy atom. The molecule has 1 aliphatic heterocycles. The van der Waals surface area contributed by atoms with E-state index >= 15 is 0 Å². The van der Waals surface area contributed by atoms with Crippen molar-refractivity contribution in [1.29, 1.82) is 0 Å². The molecule has 1 spiro atoms. The predicted molar refractivity (Wildman–Crippen MR) is 90.4 cm³/mol. The Kier molecular flexibility index (Phi) is 3.98.